The number of pyridine rings is 1. The SMILES string of the molecule is c1ccc(-c2c(-c3ccccc3)c(-c3ccccc3)c3c(-c4ccccc4)c4c5cccnc5c5ccccc5c4c(-c4ccccc4)c3c2-c2ccccc2)cc1. The molecule has 0 spiro atoms. The second-order valence-electron chi connectivity index (χ2n) is 14.9. The van der Waals surface area contributed by atoms with Gasteiger partial charge in [-0.3, -0.25) is 4.98 Å². The van der Waals surface area contributed by atoms with Crippen LogP contribution in [-0.2, 0) is 0 Å². The molecule has 0 aliphatic carbocycles. The van der Waals surface area contributed by atoms with E-state index in [-0.39, 0.29) is 0 Å². The van der Waals surface area contributed by atoms with Gasteiger partial charge in [0, 0.05) is 22.4 Å². The smallest absolute Gasteiger partial charge is 0.0786 e. The molecule has 0 saturated heterocycles. The van der Waals surface area contributed by atoms with E-state index in [0.717, 1.165) is 16.3 Å². The molecule has 1 aromatic heterocycles. The lowest BCUT2D eigenvalue weighted by Gasteiger charge is -2.29. The fourth-order valence-electron chi connectivity index (χ4n) is 9.38. The summed E-state index contributed by atoms with van der Waals surface area (Å²) < 4.78 is 0. The molecule has 0 saturated carbocycles. The lowest BCUT2D eigenvalue weighted by Crippen LogP contribution is -2.02. The zero-order chi connectivity index (χ0) is 38.4. The maximum Gasteiger partial charge on any atom is 0.0786 e. The summed E-state index contributed by atoms with van der Waals surface area (Å²) in [6.07, 6.45) is 1.94. The minimum Gasteiger partial charge on any atom is -0.256 e. The Kier molecular flexibility index (Phi) is 8.23. The zero-order valence-corrected chi connectivity index (χ0v) is 31.8. The molecule has 1 heterocycles. The van der Waals surface area contributed by atoms with E-state index in [1.807, 2.05) is 6.20 Å². The van der Waals surface area contributed by atoms with E-state index in [9.17, 15) is 0 Å². The van der Waals surface area contributed by atoms with Gasteiger partial charge in [0.25, 0.3) is 0 Å². The van der Waals surface area contributed by atoms with Gasteiger partial charge in [-0.15, -0.1) is 0 Å². The molecular formula is C57H37N. The van der Waals surface area contributed by atoms with Gasteiger partial charge in [0.15, 0.2) is 0 Å². The first-order valence-electron chi connectivity index (χ1n) is 20.0. The van der Waals surface area contributed by atoms with Crippen LogP contribution in [0.3, 0.4) is 0 Å². The van der Waals surface area contributed by atoms with E-state index < -0.39 is 0 Å². The van der Waals surface area contributed by atoms with Gasteiger partial charge in [-0.1, -0.05) is 212 Å². The third kappa shape index (κ3) is 5.36. The molecule has 11 rings (SSSR count). The first kappa shape index (κ1) is 33.7. The van der Waals surface area contributed by atoms with Crippen molar-refractivity contribution in [2.75, 3.05) is 0 Å². The fourth-order valence-corrected chi connectivity index (χ4v) is 9.38. The van der Waals surface area contributed by atoms with Crippen LogP contribution in [0.1, 0.15) is 0 Å². The van der Waals surface area contributed by atoms with E-state index in [2.05, 4.69) is 218 Å². The van der Waals surface area contributed by atoms with Crippen molar-refractivity contribution in [3.8, 4) is 66.8 Å². The summed E-state index contributed by atoms with van der Waals surface area (Å²) in [5.41, 5.74) is 15.3. The van der Waals surface area contributed by atoms with Crippen molar-refractivity contribution in [1.29, 1.82) is 0 Å². The highest BCUT2D eigenvalue weighted by Gasteiger charge is 2.31. The molecule has 0 fully saturated rings. The molecule has 1 nitrogen and oxygen atoms in total. The minimum absolute atomic E-state index is 1.01. The zero-order valence-electron chi connectivity index (χ0n) is 31.8. The molecule has 0 aliphatic rings. The van der Waals surface area contributed by atoms with E-state index in [1.54, 1.807) is 0 Å². The molecule has 0 radical (unpaired) electrons. The van der Waals surface area contributed by atoms with Crippen LogP contribution < -0.4 is 0 Å². The molecule has 0 bridgehead atoms. The Morgan fingerprint density at radius 1 is 0.207 bits per heavy atom. The van der Waals surface area contributed by atoms with Crippen LogP contribution >= 0.6 is 0 Å². The van der Waals surface area contributed by atoms with E-state index in [1.165, 1.54) is 93.7 Å². The van der Waals surface area contributed by atoms with Gasteiger partial charge in [-0.05, 0) is 94.4 Å². The van der Waals surface area contributed by atoms with Gasteiger partial charge in [-0.2, -0.15) is 0 Å². The standard InChI is InChI=1S/C57H37N/c1-7-22-38(23-8-1)47-48(39-24-9-2-10-25-39)50(41-28-13-4-14-29-41)56-52(43-32-17-6-18-33-43)54-46-36-21-37-58-57(46)45-35-20-19-34-44(45)53(54)51(42-30-15-5-16-31-42)55(56)49(47)40-26-11-3-12-27-40/h1-37H. The molecule has 0 amide bonds. The van der Waals surface area contributed by atoms with Crippen molar-refractivity contribution < 1.29 is 0 Å². The van der Waals surface area contributed by atoms with E-state index >= 15 is 0 Å². The van der Waals surface area contributed by atoms with Gasteiger partial charge in [0.05, 0.1) is 5.52 Å². The average molecular weight is 736 g/mol. The molecule has 270 valence electrons. The second-order valence-corrected chi connectivity index (χ2v) is 14.9. The first-order chi connectivity index (χ1) is 28.9. The molecule has 11 aromatic rings. The quantitative estimate of drug-likeness (QED) is 0.122. The predicted octanol–water partition coefficient (Wildman–Crippen LogP) is 15.7. The summed E-state index contributed by atoms with van der Waals surface area (Å²) >= 11 is 0. The maximum absolute atomic E-state index is 5.14. The minimum atomic E-state index is 1.01. The molecule has 58 heavy (non-hydrogen) atoms. The van der Waals surface area contributed by atoms with Crippen LogP contribution in [0.5, 0.6) is 0 Å². The number of rotatable bonds is 6. The average Bonchev–Trinajstić information content (AvgIpc) is 3.31. The number of nitrogens with zero attached hydrogens (tertiary/aromatic N) is 1. The Morgan fingerprint density at radius 3 is 0.897 bits per heavy atom. The third-order valence-corrected chi connectivity index (χ3v) is 11.7. The summed E-state index contributed by atoms with van der Waals surface area (Å²) in [6, 6.07) is 79.6. The van der Waals surface area contributed by atoms with Crippen molar-refractivity contribution in [2.24, 2.45) is 0 Å². The van der Waals surface area contributed by atoms with E-state index in [4.69, 9.17) is 4.98 Å². The monoisotopic (exact) mass is 735 g/mol. The van der Waals surface area contributed by atoms with Crippen LogP contribution in [0, 0.1) is 0 Å². The second kappa shape index (κ2) is 14.2. The fraction of sp³-hybridized carbons (Fsp3) is 0. The Morgan fingerprint density at radius 2 is 0.500 bits per heavy atom. The summed E-state index contributed by atoms with van der Waals surface area (Å²) in [7, 11) is 0. The Labute approximate surface area is 338 Å². The van der Waals surface area contributed by atoms with Crippen molar-refractivity contribution >= 4 is 43.2 Å². The number of hydrogen-bond donors (Lipinski definition) is 0. The van der Waals surface area contributed by atoms with Crippen molar-refractivity contribution in [2.45, 2.75) is 0 Å². The van der Waals surface area contributed by atoms with Gasteiger partial charge in [-0.25, -0.2) is 0 Å². The van der Waals surface area contributed by atoms with Gasteiger partial charge in [0.1, 0.15) is 0 Å². The number of aromatic nitrogens is 1. The molecule has 0 unspecified atom stereocenters. The maximum atomic E-state index is 5.14. The van der Waals surface area contributed by atoms with Crippen LogP contribution in [0.25, 0.3) is 110 Å². The molecule has 1 heteroatoms. The predicted molar refractivity (Wildman–Crippen MR) is 247 cm³/mol. The van der Waals surface area contributed by atoms with Crippen LogP contribution in [-0.4, -0.2) is 4.98 Å². The molecule has 0 atom stereocenters. The third-order valence-electron chi connectivity index (χ3n) is 11.7. The van der Waals surface area contributed by atoms with Crippen LogP contribution in [0.2, 0.25) is 0 Å². The topological polar surface area (TPSA) is 12.9 Å². The highest BCUT2D eigenvalue weighted by atomic mass is 14.6. The summed E-state index contributed by atoms with van der Waals surface area (Å²) in [5, 5.41) is 8.38. The molecule has 0 aliphatic heterocycles. The molecule has 0 N–H and O–H groups in total. The number of fused-ring (bicyclic) bond motifs is 7. The Hall–Kier alpha value is -7.61. The lowest BCUT2D eigenvalue weighted by atomic mass is 9.73. The lowest BCUT2D eigenvalue weighted by molar-refractivity contribution is 1.43. The highest BCUT2D eigenvalue weighted by molar-refractivity contribution is 6.40. The Bertz CT molecular complexity index is 3040. The Balaban J connectivity index is 1.60. The van der Waals surface area contributed by atoms with Crippen molar-refractivity contribution in [1.82, 2.24) is 4.98 Å². The highest BCUT2D eigenvalue weighted by Crippen LogP contribution is 2.58. The van der Waals surface area contributed by atoms with Crippen molar-refractivity contribution in [3.05, 3.63) is 225 Å². The normalized spacial score (nSPS) is 11.4. The van der Waals surface area contributed by atoms with Gasteiger partial charge < -0.3 is 0 Å². The largest absolute Gasteiger partial charge is 0.256 e. The van der Waals surface area contributed by atoms with Crippen LogP contribution in [0.15, 0.2) is 225 Å². The van der Waals surface area contributed by atoms with Gasteiger partial charge >= 0.3 is 0 Å². The molecular weight excluding hydrogens is 699 g/mol. The van der Waals surface area contributed by atoms with Crippen molar-refractivity contribution in [3.63, 3.8) is 0 Å². The molecule has 10 aromatic carbocycles. The number of benzene rings is 10. The number of hydrogen-bond acceptors (Lipinski definition) is 1. The summed E-state index contributed by atoms with van der Waals surface area (Å²) in [6.45, 7) is 0. The van der Waals surface area contributed by atoms with Crippen LogP contribution in [0.4, 0.5) is 0 Å². The summed E-state index contributed by atoms with van der Waals surface area (Å²) in [4.78, 5) is 5.14. The summed E-state index contributed by atoms with van der Waals surface area (Å²) in [5.74, 6) is 0. The first-order valence-corrected chi connectivity index (χ1v) is 20.0. The van der Waals surface area contributed by atoms with E-state index in [0.29, 0.717) is 0 Å². The van der Waals surface area contributed by atoms with Gasteiger partial charge in [0.2, 0.25) is 0 Å².